The summed E-state index contributed by atoms with van der Waals surface area (Å²) in [6.07, 6.45) is 8.24. The zero-order valence-corrected chi connectivity index (χ0v) is 12.2. The molecule has 2 atom stereocenters. The fraction of sp³-hybridized carbons (Fsp3) is 0.733. The topological polar surface area (TPSA) is 30.0 Å². The Morgan fingerprint density at radius 3 is 3.00 bits per heavy atom. The van der Waals surface area contributed by atoms with Crippen LogP contribution in [0, 0.1) is 17.8 Å². The molecule has 1 aliphatic carbocycles. The molecule has 0 aliphatic heterocycles. The second-order valence-corrected chi connectivity index (χ2v) is 6.86. The number of carbonyl (C=O) groups excluding carboxylic acids is 1. The highest BCUT2D eigenvalue weighted by molar-refractivity contribution is 7.09. The normalized spacial score (nSPS) is 24.4. The standard InChI is InChI=1S/C15H23NOS/c1-11(2)13-5-3-4-12(8-13)9-14(17)10-15-16-6-7-18-15/h6-7,11-13H,3-5,8-10H2,1-2H3/t12-,13?/m1/s1. The molecule has 1 fully saturated rings. The smallest absolute Gasteiger partial charge is 0.139 e. The van der Waals surface area contributed by atoms with Crippen LogP contribution in [-0.4, -0.2) is 10.8 Å². The Morgan fingerprint density at radius 1 is 1.50 bits per heavy atom. The van der Waals surface area contributed by atoms with Crippen LogP contribution in [-0.2, 0) is 11.2 Å². The highest BCUT2D eigenvalue weighted by Crippen LogP contribution is 2.35. The lowest BCUT2D eigenvalue weighted by atomic mass is 9.74. The van der Waals surface area contributed by atoms with Crippen LogP contribution in [0.3, 0.4) is 0 Å². The molecule has 2 rings (SSSR count). The van der Waals surface area contributed by atoms with Gasteiger partial charge in [0.2, 0.25) is 0 Å². The fourth-order valence-electron chi connectivity index (χ4n) is 3.03. The monoisotopic (exact) mass is 265 g/mol. The lowest BCUT2D eigenvalue weighted by molar-refractivity contribution is -0.119. The average Bonchev–Trinajstić information content (AvgIpc) is 2.82. The minimum Gasteiger partial charge on any atom is -0.299 e. The van der Waals surface area contributed by atoms with Crippen LogP contribution in [0.15, 0.2) is 11.6 Å². The van der Waals surface area contributed by atoms with Gasteiger partial charge in [-0.05, 0) is 24.2 Å². The van der Waals surface area contributed by atoms with Gasteiger partial charge in [0.1, 0.15) is 5.78 Å². The Labute approximate surface area is 114 Å². The molecule has 1 aromatic heterocycles. The van der Waals surface area contributed by atoms with Crippen LogP contribution in [0.25, 0.3) is 0 Å². The second kappa shape index (κ2) is 6.46. The van der Waals surface area contributed by atoms with Gasteiger partial charge in [-0.25, -0.2) is 4.98 Å². The summed E-state index contributed by atoms with van der Waals surface area (Å²) >= 11 is 1.59. The number of carbonyl (C=O) groups is 1. The van der Waals surface area contributed by atoms with E-state index in [-0.39, 0.29) is 0 Å². The quantitative estimate of drug-likeness (QED) is 0.802. The van der Waals surface area contributed by atoms with Crippen LogP contribution in [0.4, 0.5) is 0 Å². The summed E-state index contributed by atoms with van der Waals surface area (Å²) in [4.78, 5) is 16.2. The number of Topliss-reactive ketones (excluding diaryl/α,β-unsaturated/α-hetero) is 1. The molecule has 0 bridgehead atoms. The van der Waals surface area contributed by atoms with Crippen molar-refractivity contribution in [3.05, 3.63) is 16.6 Å². The number of thiazole rings is 1. The zero-order valence-electron chi connectivity index (χ0n) is 11.4. The third kappa shape index (κ3) is 3.91. The molecule has 0 N–H and O–H groups in total. The van der Waals surface area contributed by atoms with E-state index in [1.807, 2.05) is 5.38 Å². The van der Waals surface area contributed by atoms with Crippen molar-refractivity contribution in [3.8, 4) is 0 Å². The minimum absolute atomic E-state index is 0.374. The van der Waals surface area contributed by atoms with E-state index in [2.05, 4.69) is 18.8 Å². The number of rotatable bonds is 5. The third-order valence-corrected chi connectivity index (χ3v) is 4.89. The summed E-state index contributed by atoms with van der Waals surface area (Å²) in [7, 11) is 0. The van der Waals surface area contributed by atoms with Crippen LogP contribution < -0.4 is 0 Å². The van der Waals surface area contributed by atoms with E-state index in [0.29, 0.717) is 18.1 Å². The summed E-state index contributed by atoms with van der Waals surface area (Å²) < 4.78 is 0. The number of hydrogen-bond donors (Lipinski definition) is 0. The average molecular weight is 265 g/mol. The van der Waals surface area contributed by atoms with Crippen molar-refractivity contribution in [3.63, 3.8) is 0 Å². The van der Waals surface area contributed by atoms with Crippen molar-refractivity contribution in [2.75, 3.05) is 0 Å². The maximum absolute atomic E-state index is 12.0. The number of nitrogens with zero attached hydrogens (tertiary/aromatic N) is 1. The lowest BCUT2D eigenvalue weighted by Crippen LogP contribution is -2.22. The molecule has 0 amide bonds. The summed E-state index contributed by atoms with van der Waals surface area (Å²) in [5, 5.41) is 2.91. The van der Waals surface area contributed by atoms with Crippen molar-refractivity contribution in [1.29, 1.82) is 0 Å². The predicted molar refractivity (Wildman–Crippen MR) is 75.7 cm³/mol. The van der Waals surface area contributed by atoms with Gasteiger partial charge in [-0.15, -0.1) is 11.3 Å². The van der Waals surface area contributed by atoms with Crippen LogP contribution >= 0.6 is 11.3 Å². The molecule has 100 valence electrons. The Morgan fingerprint density at radius 2 is 2.33 bits per heavy atom. The van der Waals surface area contributed by atoms with Gasteiger partial charge in [-0.3, -0.25) is 4.79 Å². The molecule has 1 unspecified atom stereocenters. The first-order valence-corrected chi connectivity index (χ1v) is 7.93. The van der Waals surface area contributed by atoms with E-state index in [9.17, 15) is 4.79 Å². The highest BCUT2D eigenvalue weighted by atomic mass is 32.1. The minimum atomic E-state index is 0.374. The highest BCUT2D eigenvalue weighted by Gasteiger charge is 2.25. The van der Waals surface area contributed by atoms with Gasteiger partial charge in [-0.1, -0.05) is 33.1 Å². The van der Waals surface area contributed by atoms with E-state index < -0.39 is 0 Å². The number of ketones is 1. The van der Waals surface area contributed by atoms with E-state index in [4.69, 9.17) is 0 Å². The van der Waals surface area contributed by atoms with Crippen LogP contribution in [0.2, 0.25) is 0 Å². The molecule has 1 saturated carbocycles. The van der Waals surface area contributed by atoms with Crippen molar-refractivity contribution in [2.24, 2.45) is 17.8 Å². The van der Waals surface area contributed by atoms with Crippen molar-refractivity contribution >= 4 is 17.1 Å². The second-order valence-electron chi connectivity index (χ2n) is 5.88. The van der Waals surface area contributed by atoms with Crippen LogP contribution in [0.1, 0.15) is 51.0 Å². The van der Waals surface area contributed by atoms with Gasteiger partial charge in [-0.2, -0.15) is 0 Å². The lowest BCUT2D eigenvalue weighted by Gasteiger charge is -2.31. The SMILES string of the molecule is CC(C)C1CCC[C@@H](CC(=O)Cc2nccs2)C1. The molecule has 1 heterocycles. The molecule has 0 spiro atoms. The van der Waals surface area contributed by atoms with Crippen molar-refractivity contribution in [1.82, 2.24) is 4.98 Å². The van der Waals surface area contributed by atoms with E-state index in [1.165, 1.54) is 25.7 Å². The van der Waals surface area contributed by atoms with E-state index in [0.717, 1.165) is 23.3 Å². The van der Waals surface area contributed by atoms with Crippen LogP contribution in [0.5, 0.6) is 0 Å². The first-order valence-electron chi connectivity index (χ1n) is 7.05. The largest absolute Gasteiger partial charge is 0.299 e. The summed E-state index contributed by atoms with van der Waals surface area (Å²) in [5.74, 6) is 2.59. The zero-order chi connectivity index (χ0) is 13.0. The molecule has 0 radical (unpaired) electrons. The Hall–Kier alpha value is -0.700. The number of aromatic nitrogens is 1. The molecule has 0 aromatic carbocycles. The summed E-state index contributed by atoms with van der Waals surface area (Å²) in [6, 6.07) is 0. The Balaban J connectivity index is 1.80. The maximum Gasteiger partial charge on any atom is 0.139 e. The first kappa shape index (κ1) is 13.7. The predicted octanol–water partition coefficient (Wildman–Crippen LogP) is 4.11. The Bertz CT molecular complexity index is 372. The maximum atomic E-state index is 12.0. The van der Waals surface area contributed by atoms with Gasteiger partial charge in [0.15, 0.2) is 0 Å². The van der Waals surface area contributed by atoms with Gasteiger partial charge in [0.25, 0.3) is 0 Å². The van der Waals surface area contributed by atoms with E-state index in [1.54, 1.807) is 17.5 Å². The molecular weight excluding hydrogens is 242 g/mol. The van der Waals surface area contributed by atoms with Gasteiger partial charge < -0.3 is 0 Å². The fourth-order valence-corrected chi connectivity index (χ4v) is 3.67. The van der Waals surface area contributed by atoms with Crippen molar-refractivity contribution < 1.29 is 4.79 Å². The van der Waals surface area contributed by atoms with Gasteiger partial charge >= 0.3 is 0 Å². The molecule has 18 heavy (non-hydrogen) atoms. The molecule has 3 heteroatoms. The molecule has 2 nitrogen and oxygen atoms in total. The van der Waals surface area contributed by atoms with Crippen molar-refractivity contribution in [2.45, 2.75) is 52.4 Å². The summed E-state index contributed by atoms with van der Waals surface area (Å²) in [5.41, 5.74) is 0. The molecular formula is C15H23NOS. The first-order chi connectivity index (χ1) is 8.65. The summed E-state index contributed by atoms with van der Waals surface area (Å²) in [6.45, 7) is 4.62. The Kier molecular flexibility index (Phi) is 4.93. The molecule has 0 saturated heterocycles. The third-order valence-electron chi connectivity index (χ3n) is 4.11. The molecule has 1 aliphatic rings. The molecule has 1 aromatic rings. The number of hydrogen-bond acceptors (Lipinski definition) is 3. The van der Waals surface area contributed by atoms with Gasteiger partial charge in [0.05, 0.1) is 11.4 Å². The van der Waals surface area contributed by atoms with E-state index >= 15 is 0 Å². The van der Waals surface area contributed by atoms with Gasteiger partial charge in [0, 0.05) is 18.0 Å².